The number of aryl methyl sites for hydroxylation is 4. The van der Waals surface area contributed by atoms with E-state index in [1.807, 2.05) is 6.92 Å². The van der Waals surface area contributed by atoms with Gasteiger partial charge in [-0.2, -0.15) is 0 Å². The number of pyridine rings is 2. The maximum absolute atomic E-state index is 10.8. The molecule has 0 aromatic carbocycles. The number of anilines is 3. The molecule has 0 amide bonds. The van der Waals surface area contributed by atoms with Gasteiger partial charge in [0, 0.05) is 35.7 Å². The Labute approximate surface area is 203 Å². The summed E-state index contributed by atoms with van der Waals surface area (Å²) < 4.78 is 9.41. The Bertz CT molecular complexity index is 1310. The average molecular weight is 505 g/mol. The lowest BCUT2D eigenvalue weighted by molar-refractivity contribution is -0.385. The molecule has 0 saturated heterocycles. The number of halogens is 1. The van der Waals surface area contributed by atoms with E-state index in [2.05, 4.69) is 30.1 Å². The average Bonchev–Trinajstić information content (AvgIpc) is 3.35. The highest BCUT2D eigenvalue weighted by atomic mass is 35.5. The summed E-state index contributed by atoms with van der Waals surface area (Å²) in [5, 5.41) is 30.9. The second-order valence-electron chi connectivity index (χ2n) is 6.93. The highest BCUT2D eigenvalue weighted by Gasteiger charge is 2.16. The molecule has 0 aliphatic carbocycles. The van der Waals surface area contributed by atoms with E-state index in [9.17, 15) is 20.2 Å². The van der Waals surface area contributed by atoms with E-state index in [0.29, 0.717) is 28.9 Å². The molecular weight excluding hydrogens is 484 g/mol. The third-order valence-electron chi connectivity index (χ3n) is 3.89. The zero-order valence-corrected chi connectivity index (χ0v) is 19.8. The maximum Gasteiger partial charge on any atom is 0.311 e. The van der Waals surface area contributed by atoms with Gasteiger partial charge in [0.05, 0.1) is 21.2 Å². The Balaban J connectivity index is 0.000000205. The molecule has 0 fully saturated rings. The summed E-state index contributed by atoms with van der Waals surface area (Å²) in [5.74, 6) is 0.840. The van der Waals surface area contributed by atoms with Gasteiger partial charge >= 0.3 is 11.4 Å². The molecule has 0 unspecified atom stereocenters. The zero-order valence-electron chi connectivity index (χ0n) is 19.1. The summed E-state index contributed by atoms with van der Waals surface area (Å²) in [4.78, 5) is 27.7. The quantitative estimate of drug-likeness (QED) is 0.217. The fraction of sp³-hybridized carbons (Fsp3) is 0.200. The minimum Gasteiger partial charge on any atom is -0.368 e. The van der Waals surface area contributed by atoms with Crippen molar-refractivity contribution in [3.05, 3.63) is 84.6 Å². The van der Waals surface area contributed by atoms with E-state index in [0.717, 1.165) is 5.69 Å². The number of rotatable bonds is 4. The molecule has 4 rings (SSSR count). The Morgan fingerprint density at radius 2 is 1.37 bits per heavy atom. The number of nitro groups is 2. The number of aromatic nitrogens is 4. The van der Waals surface area contributed by atoms with Crippen molar-refractivity contribution < 1.29 is 18.9 Å². The highest BCUT2D eigenvalue weighted by molar-refractivity contribution is 6.31. The molecule has 4 heterocycles. The van der Waals surface area contributed by atoms with Gasteiger partial charge in [-0.1, -0.05) is 21.9 Å². The van der Waals surface area contributed by atoms with Gasteiger partial charge in [0.25, 0.3) is 0 Å². The van der Waals surface area contributed by atoms with Gasteiger partial charge in [0.15, 0.2) is 0 Å². The van der Waals surface area contributed by atoms with Crippen molar-refractivity contribution in [1.82, 2.24) is 20.3 Å². The van der Waals surface area contributed by atoms with Crippen LogP contribution in [0.3, 0.4) is 0 Å². The Morgan fingerprint density at radius 3 is 1.80 bits per heavy atom. The van der Waals surface area contributed by atoms with Gasteiger partial charge < -0.3 is 20.1 Å². The molecule has 3 N–H and O–H groups in total. The number of nitrogens with zero attached hydrogens (tertiary/aromatic N) is 6. The van der Waals surface area contributed by atoms with Crippen molar-refractivity contribution in [3.63, 3.8) is 0 Å². The largest absolute Gasteiger partial charge is 0.368 e. The molecule has 0 saturated carbocycles. The lowest BCUT2D eigenvalue weighted by Gasteiger charge is -2.02. The zero-order chi connectivity index (χ0) is 26.1. The monoisotopic (exact) mass is 504 g/mol. The molecule has 0 aliphatic rings. The second kappa shape index (κ2) is 12.0. The van der Waals surface area contributed by atoms with Crippen LogP contribution in [0.5, 0.6) is 0 Å². The predicted octanol–water partition coefficient (Wildman–Crippen LogP) is 4.86. The summed E-state index contributed by atoms with van der Waals surface area (Å²) in [6.07, 6.45) is 0. The van der Waals surface area contributed by atoms with Crippen molar-refractivity contribution in [1.29, 1.82) is 0 Å². The molecule has 14 nitrogen and oxygen atoms in total. The van der Waals surface area contributed by atoms with Crippen LogP contribution in [-0.2, 0) is 0 Å². The standard InChI is InChI=1S/C10H10N4O3.C6H5ClN2O2.C4H6N2O/c1-6-3-4-8(14(15)16)10(11-6)12-9-5-7(2)13-17-9;1-4-2-3-5(9(10)11)6(7)8-4;1-3-2-4(5)7-6-3/h3-5H,1-2H3,(H,11,12);2-3H,1H3;2H,5H2,1H3. The van der Waals surface area contributed by atoms with Crippen LogP contribution in [0.25, 0.3) is 0 Å². The molecule has 0 atom stereocenters. The first-order chi connectivity index (χ1) is 16.5. The molecular formula is C20H21ClN8O6. The van der Waals surface area contributed by atoms with Gasteiger partial charge in [0.2, 0.25) is 22.7 Å². The van der Waals surface area contributed by atoms with Crippen molar-refractivity contribution >= 4 is 40.6 Å². The summed E-state index contributed by atoms with van der Waals surface area (Å²) in [6.45, 7) is 7.04. The fourth-order valence-corrected chi connectivity index (χ4v) is 2.63. The van der Waals surface area contributed by atoms with Crippen LogP contribution >= 0.6 is 11.6 Å². The number of nitrogen functional groups attached to an aromatic ring is 1. The van der Waals surface area contributed by atoms with Crippen LogP contribution in [0.15, 0.2) is 45.4 Å². The van der Waals surface area contributed by atoms with Crippen molar-refractivity contribution in [2.45, 2.75) is 27.7 Å². The molecule has 4 aromatic heterocycles. The van der Waals surface area contributed by atoms with Crippen LogP contribution in [-0.4, -0.2) is 30.1 Å². The molecule has 0 spiro atoms. The smallest absolute Gasteiger partial charge is 0.311 e. The first-order valence-electron chi connectivity index (χ1n) is 9.75. The molecule has 0 radical (unpaired) electrons. The summed E-state index contributed by atoms with van der Waals surface area (Å²) in [6, 6.07) is 9.16. The van der Waals surface area contributed by atoms with Crippen molar-refractivity contribution in [2.24, 2.45) is 0 Å². The summed E-state index contributed by atoms with van der Waals surface area (Å²) in [5.41, 5.74) is 7.73. The van der Waals surface area contributed by atoms with Crippen molar-refractivity contribution in [2.75, 3.05) is 11.1 Å². The first-order valence-corrected chi connectivity index (χ1v) is 10.1. The van der Waals surface area contributed by atoms with Gasteiger partial charge in [0.1, 0.15) is 0 Å². The normalized spacial score (nSPS) is 9.86. The highest BCUT2D eigenvalue weighted by Crippen LogP contribution is 2.25. The van der Waals surface area contributed by atoms with Gasteiger partial charge in [-0.15, -0.1) is 0 Å². The fourth-order valence-electron chi connectivity index (χ4n) is 2.37. The molecule has 4 aromatic rings. The molecule has 184 valence electrons. The summed E-state index contributed by atoms with van der Waals surface area (Å²) in [7, 11) is 0. The second-order valence-corrected chi connectivity index (χ2v) is 7.28. The third-order valence-corrected chi connectivity index (χ3v) is 4.17. The lowest BCUT2D eigenvalue weighted by atomic mass is 10.3. The van der Waals surface area contributed by atoms with E-state index < -0.39 is 9.85 Å². The number of nitrogens with one attached hydrogen (secondary N) is 1. The topological polar surface area (TPSA) is 202 Å². The minimum atomic E-state index is -0.561. The van der Waals surface area contributed by atoms with Crippen LogP contribution in [0.2, 0.25) is 5.15 Å². The predicted molar refractivity (Wildman–Crippen MR) is 126 cm³/mol. The Morgan fingerprint density at radius 1 is 0.829 bits per heavy atom. The Hall–Kier alpha value is -4.59. The number of hydrogen-bond acceptors (Lipinski definition) is 12. The van der Waals surface area contributed by atoms with Crippen LogP contribution in [0.1, 0.15) is 22.8 Å². The van der Waals surface area contributed by atoms with Crippen LogP contribution in [0.4, 0.5) is 29.0 Å². The van der Waals surface area contributed by atoms with E-state index in [1.165, 1.54) is 12.1 Å². The van der Waals surface area contributed by atoms with Gasteiger partial charge in [-0.05, 0) is 39.8 Å². The maximum atomic E-state index is 10.8. The Kier molecular flexibility index (Phi) is 9.17. The van der Waals surface area contributed by atoms with E-state index in [-0.39, 0.29) is 22.3 Å². The van der Waals surface area contributed by atoms with E-state index >= 15 is 0 Å². The van der Waals surface area contributed by atoms with Gasteiger partial charge in [-0.25, -0.2) is 9.97 Å². The number of hydrogen-bond donors (Lipinski definition) is 2. The SMILES string of the molecule is Cc1cc(N)on1.Cc1cc(Nc2nc(C)ccc2[N+](=O)[O-])on1.Cc1ccc([N+](=O)[O-])c(Cl)n1. The number of nitrogens with two attached hydrogens (primary N) is 1. The molecule has 35 heavy (non-hydrogen) atoms. The third kappa shape index (κ3) is 8.36. The van der Waals surface area contributed by atoms with E-state index in [1.54, 1.807) is 45.0 Å². The molecule has 0 aliphatic heterocycles. The summed E-state index contributed by atoms with van der Waals surface area (Å²) >= 11 is 5.47. The molecule has 15 heteroatoms. The van der Waals surface area contributed by atoms with Gasteiger partial charge in [-0.3, -0.25) is 20.2 Å². The van der Waals surface area contributed by atoms with Crippen LogP contribution in [0, 0.1) is 47.9 Å². The van der Waals surface area contributed by atoms with Crippen LogP contribution < -0.4 is 11.1 Å². The van der Waals surface area contributed by atoms with E-state index in [4.69, 9.17) is 21.9 Å². The first kappa shape index (κ1) is 26.7. The minimum absolute atomic E-state index is 0.0602. The van der Waals surface area contributed by atoms with Crippen molar-refractivity contribution in [3.8, 4) is 0 Å². The molecule has 0 bridgehead atoms. The lowest BCUT2D eigenvalue weighted by Crippen LogP contribution is -2.00.